The Morgan fingerprint density at radius 1 is 1.15 bits per heavy atom. The minimum Gasteiger partial charge on any atom is -0.353 e. The maximum absolute atomic E-state index is 12.6. The van der Waals surface area contributed by atoms with Gasteiger partial charge in [0.1, 0.15) is 0 Å². The molecule has 5 nitrogen and oxygen atoms in total. The molecule has 0 radical (unpaired) electrons. The first kappa shape index (κ1) is 17.3. The van der Waals surface area contributed by atoms with Gasteiger partial charge in [-0.25, -0.2) is 0 Å². The molecule has 138 valence electrons. The van der Waals surface area contributed by atoms with Gasteiger partial charge >= 0.3 is 0 Å². The summed E-state index contributed by atoms with van der Waals surface area (Å²) in [7, 11) is 0. The first-order valence-electron chi connectivity index (χ1n) is 9.43. The first-order valence-corrected chi connectivity index (χ1v) is 9.43. The molecule has 1 aliphatic heterocycles. The lowest BCUT2D eigenvalue weighted by atomic mass is 10.0. The number of aromatic amines is 1. The predicted molar refractivity (Wildman–Crippen MR) is 108 cm³/mol. The second-order valence-electron chi connectivity index (χ2n) is 7.08. The Labute approximate surface area is 159 Å². The van der Waals surface area contributed by atoms with Crippen molar-refractivity contribution in [2.24, 2.45) is 0 Å². The number of piperidine rings is 1. The van der Waals surface area contributed by atoms with E-state index in [9.17, 15) is 4.79 Å². The van der Waals surface area contributed by atoms with Gasteiger partial charge in [0.15, 0.2) is 5.82 Å². The molecule has 4 rings (SSSR count). The van der Waals surface area contributed by atoms with Gasteiger partial charge in [-0.05, 0) is 37.0 Å². The lowest BCUT2D eigenvalue weighted by Crippen LogP contribution is -2.48. The van der Waals surface area contributed by atoms with Crippen molar-refractivity contribution in [1.29, 1.82) is 0 Å². The van der Waals surface area contributed by atoms with Crippen LogP contribution < -0.4 is 10.2 Å². The SMILES string of the molecule is Cc1ccccc1C(=O)N[C@@H]1CCCN(c2cc(-c3ccccc3)[nH]n2)C1. The van der Waals surface area contributed by atoms with Crippen LogP contribution in [-0.4, -0.2) is 35.2 Å². The standard InChI is InChI=1S/C22H24N4O/c1-16-8-5-6-12-19(16)22(27)23-18-11-7-13-26(15-18)21-14-20(24-25-21)17-9-3-2-4-10-17/h2-6,8-10,12,14,18H,7,11,13,15H2,1H3,(H,23,27)(H,24,25)/t18-/m1/s1. The molecule has 0 aliphatic carbocycles. The molecule has 0 unspecified atom stereocenters. The Hall–Kier alpha value is -3.08. The highest BCUT2D eigenvalue weighted by atomic mass is 16.1. The molecule has 2 N–H and O–H groups in total. The van der Waals surface area contributed by atoms with Crippen molar-refractivity contribution in [3.8, 4) is 11.3 Å². The van der Waals surface area contributed by atoms with Crippen LogP contribution in [0, 0.1) is 6.92 Å². The van der Waals surface area contributed by atoms with Crippen LogP contribution in [0.25, 0.3) is 11.3 Å². The number of hydrogen-bond donors (Lipinski definition) is 2. The summed E-state index contributed by atoms with van der Waals surface area (Å²) in [6.45, 7) is 3.70. The smallest absolute Gasteiger partial charge is 0.251 e. The third-order valence-corrected chi connectivity index (χ3v) is 5.12. The van der Waals surface area contributed by atoms with Crippen LogP contribution in [0.5, 0.6) is 0 Å². The zero-order valence-electron chi connectivity index (χ0n) is 15.5. The van der Waals surface area contributed by atoms with Crippen molar-refractivity contribution >= 4 is 11.7 Å². The Bertz CT molecular complexity index is 919. The number of amides is 1. The summed E-state index contributed by atoms with van der Waals surface area (Å²) in [4.78, 5) is 14.9. The van der Waals surface area contributed by atoms with Crippen molar-refractivity contribution in [2.75, 3.05) is 18.0 Å². The molecule has 1 fully saturated rings. The average Bonchev–Trinajstić information content (AvgIpc) is 3.19. The molecule has 2 aromatic carbocycles. The van der Waals surface area contributed by atoms with Gasteiger partial charge in [-0.3, -0.25) is 9.89 Å². The number of rotatable bonds is 4. The van der Waals surface area contributed by atoms with Gasteiger partial charge < -0.3 is 10.2 Å². The van der Waals surface area contributed by atoms with E-state index in [4.69, 9.17) is 0 Å². The molecule has 1 aromatic heterocycles. The van der Waals surface area contributed by atoms with E-state index in [0.717, 1.165) is 54.1 Å². The summed E-state index contributed by atoms with van der Waals surface area (Å²) in [5.74, 6) is 0.940. The van der Waals surface area contributed by atoms with Gasteiger partial charge in [0.05, 0.1) is 5.69 Å². The Morgan fingerprint density at radius 3 is 2.74 bits per heavy atom. The molecule has 3 aromatic rings. The van der Waals surface area contributed by atoms with Crippen LogP contribution in [-0.2, 0) is 0 Å². The Balaban J connectivity index is 1.43. The third-order valence-electron chi connectivity index (χ3n) is 5.12. The van der Waals surface area contributed by atoms with Crippen molar-refractivity contribution in [1.82, 2.24) is 15.5 Å². The minimum absolute atomic E-state index is 0.00644. The van der Waals surface area contributed by atoms with Gasteiger partial charge in [0, 0.05) is 30.8 Å². The molecule has 0 saturated carbocycles. The number of aromatic nitrogens is 2. The summed E-state index contributed by atoms with van der Waals surface area (Å²) >= 11 is 0. The molecule has 1 aliphatic rings. The lowest BCUT2D eigenvalue weighted by molar-refractivity contribution is 0.0932. The Kier molecular flexibility index (Phi) is 4.92. The summed E-state index contributed by atoms with van der Waals surface area (Å²) in [5, 5.41) is 10.8. The van der Waals surface area contributed by atoms with Gasteiger partial charge in [0.25, 0.3) is 5.91 Å². The van der Waals surface area contributed by atoms with E-state index in [1.54, 1.807) is 0 Å². The van der Waals surface area contributed by atoms with E-state index in [1.807, 2.05) is 49.4 Å². The number of carbonyl (C=O) groups excluding carboxylic acids is 1. The molecule has 1 atom stereocenters. The molecule has 2 heterocycles. The summed E-state index contributed by atoms with van der Waals surface area (Å²) in [5.41, 5.74) is 3.89. The molecule has 1 amide bonds. The quantitative estimate of drug-likeness (QED) is 0.744. The second kappa shape index (κ2) is 7.66. The van der Waals surface area contributed by atoms with Gasteiger partial charge in [-0.2, -0.15) is 5.10 Å². The van der Waals surface area contributed by atoms with E-state index >= 15 is 0 Å². The van der Waals surface area contributed by atoms with Crippen molar-refractivity contribution < 1.29 is 4.79 Å². The summed E-state index contributed by atoms with van der Waals surface area (Å²) in [6, 6.07) is 20.1. The second-order valence-corrected chi connectivity index (χ2v) is 7.08. The number of nitrogens with one attached hydrogen (secondary N) is 2. The van der Waals surface area contributed by atoms with E-state index in [-0.39, 0.29) is 11.9 Å². The van der Waals surface area contributed by atoms with Crippen LogP contribution in [0.15, 0.2) is 60.7 Å². The van der Waals surface area contributed by atoms with Gasteiger partial charge in [-0.15, -0.1) is 0 Å². The van der Waals surface area contributed by atoms with Crippen LogP contribution in [0.4, 0.5) is 5.82 Å². The van der Waals surface area contributed by atoms with E-state index in [2.05, 4.69) is 38.6 Å². The van der Waals surface area contributed by atoms with Crippen molar-refractivity contribution in [3.63, 3.8) is 0 Å². The molecular weight excluding hydrogens is 336 g/mol. The monoisotopic (exact) mass is 360 g/mol. The highest BCUT2D eigenvalue weighted by Crippen LogP contribution is 2.24. The topological polar surface area (TPSA) is 61.0 Å². The van der Waals surface area contributed by atoms with Crippen molar-refractivity contribution in [2.45, 2.75) is 25.8 Å². The van der Waals surface area contributed by atoms with Crippen LogP contribution in [0.2, 0.25) is 0 Å². The van der Waals surface area contributed by atoms with E-state index in [0.29, 0.717) is 0 Å². The van der Waals surface area contributed by atoms with Crippen LogP contribution >= 0.6 is 0 Å². The van der Waals surface area contributed by atoms with E-state index in [1.165, 1.54) is 0 Å². The molecule has 27 heavy (non-hydrogen) atoms. The molecular formula is C22H24N4O. The molecule has 1 saturated heterocycles. The highest BCUT2D eigenvalue weighted by molar-refractivity contribution is 5.95. The third kappa shape index (κ3) is 3.87. The fourth-order valence-electron chi connectivity index (χ4n) is 3.63. The number of benzene rings is 2. The number of H-pyrrole nitrogens is 1. The maximum Gasteiger partial charge on any atom is 0.251 e. The van der Waals surface area contributed by atoms with E-state index < -0.39 is 0 Å². The number of hydrogen-bond acceptors (Lipinski definition) is 3. The normalized spacial score (nSPS) is 16.9. The van der Waals surface area contributed by atoms with Gasteiger partial charge in [0.2, 0.25) is 0 Å². The number of nitrogens with zero attached hydrogens (tertiary/aromatic N) is 2. The first-order chi connectivity index (χ1) is 13.2. The predicted octanol–water partition coefficient (Wildman–Crippen LogP) is 3.78. The van der Waals surface area contributed by atoms with Gasteiger partial charge in [-0.1, -0.05) is 48.5 Å². The molecule has 5 heteroatoms. The zero-order chi connectivity index (χ0) is 18.6. The fourth-order valence-corrected chi connectivity index (χ4v) is 3.63. The fraction of sp³-hybridized carbons (Fsp3) is 0.273. The largest absolute Gasteiger partial charge is 0.353 e. The lowest BCUT2D eigenvalue weighted by Gasteiger charge is -2.33. The van der Waals surface area contributed by atoms with Crippen molar-refractivity contribution in [3.05, 3.63) is 71.8 Å². The number of anilines is 1. The summed E-state index contributed by atoms with van der Waals surface area (Å²) in [6.07, 6.45) is 2.02. The highest BCUT2D eigenvalue weighted by Gasteiger charge is 2.24. The zero-order valence-corrected chi connectivity index (χ0v) is 15.5. The average molecular weight is 360 g/mol. The number of carbonyl (C=O) groups is 1. The molecule has 0 bridgehead atoms. The maximum atomic E-state index is 12.6. The molecule has 0 spiro atoms. The minimum atomic E-state index is 0.00644. The Morgan fingerprint density at radius 2 is 1.93 bits per heavy atom. The number of aryl methyl sites for hydroxylation is 1. The van der Waals surface area contributed by atoms with Crippen LogP contribution in [0.1, 0.15) is 28.8 Å². The summed E-state index contributed by atoms with van der Waals surface area (Å²) < 4.78 is 0. The van der Waals surface area contributed by atoms with Crippen LogP contribution in [0.3, 0.4) is 0 Å².